The molecule has 6 nitrogen and oxygen atoms in total. The minimum absolute atomic E-state index is 0.00217. The molecule has 0 spiro atoms. The third-order valence-corrected chi connectivity index (χ3v) is 5.74. The third-order valence-electron chi connectivity index (χ3n) is 5.74. The Balaban J connectivity index is 1.46. The molecule has 1 aromatic heterocycles. The molecule has 1 fully saturated rings. The summed E-state index contributed by atoms with van der Waals surface area (Å²) in [7, 11) is 2.05. The normalized spacial score (nSPS) is 19.8. The quantitative estimate of drug-likeness (QED) is 0.892. The van der Waals surface area contributed by atoms with Crippen molar-refractivity contribution in [3.05, 3.63) is 59.4 Å². The molecule has 28 heavy (non-hydrogen) atoms. The van der Waals surface area contributed by atoms with Crippen molar-refractivity contribution in [2.24, 2.45) is 0 Å². The first kappa shape index (κ1) is 18.6. The summed E-state index contributed by atoms with van der Waals surface area (Å²) < 4.78 is 0. The number of hydrogen-bond acceptors (Lipinski definition) is 4. The summed E-state index contributed by atoms with van der Waals surface area (Å²) in [4.78, 5) is 33.6. The zero-order chi connectivity index (χ0) is 19.5. The predicted octanol–water partition coefficient (Wildman–Crippen LogP) is 2.70. The summed E-state index contributed by atoms with van der Waals surface area (Å²) in [6.45, 7) is 2.35. The molecule has 0 aliphatic carbocycles. The van der Waals surface area contributed by atoms with Gasteiger partial charge in [0.05, 0.1) is 6.04 Å². The number of hydrogen-bond donors (Lipinski definition) is 1. The van der Waals surface area contributed by atoms with Gasteiger partial charge in [-0.1, -0.05) is 18.6 Å². The second-order valence-electron chi connectivity index (χ2n) is 7.65. The van der Waals surface area contributed by atoms with Gasteiger partial charge in [-0.2, -0.15) is 0 Å². The lowest BCUT2D eigenvalue weighted by Gasteiger charge is -2.37. The number of fused-ring (bicyclic) bond motifs is 1. The number of amides is 2. The zero-order valence-corrected chi connectivity index (χ0v) is 16.2. The number of likely N-dealkylation sites (tertiary alicyclic amines) is 1. The Morgan fingerprint density at radius 2 is 2.00 bits per heavy atom. The van der Waals surface area contributed by atoms with Crippen LogP contribution in [0.4, 0.5) is 5.69 Å². The SMILES string of the molecule is CN1CCCCC1C(=O)N1CCc2ccc(NC(=O)c3ccccn3)cc2C1. The van der Waals surface area contributed by atoms with Crippen LogP contribution in [0, 0.1) is 0 Å². The first-order valence-corrected chi connectivity index (χ1v) is 9.95. The Morgan fingerprint density at radius 1 is 1.11 bits per heavy atom. The zero-order valence-electron chi connectivity index (χ0n) is 16.2. The average molecular weight is 378 g/mol. The van der Waals surface area contributed by atoms with Crippen molar-refractivity contribution in [2.45, 2.75) is 38.3 Å². The molecule has 1 atom stereocenters. The van der Waals surface area contributed by atoms with Crippen LogP contribution in [0.3, 0.4) is 0 Å². The van der Waals surface area contributed by atoms with E-state index in [2.05, 4.69) is 21.3 Å². The van der Waals surface area contributed by atoms with Crippen molar-refractivity contribution in [2.75, 3.05) is 25.5 Å². The monoisotopic (exact) mass is 378 g/mol. The second kappa shape index (κ2) is 8.10. The van der Waals surface area contributed by atoms with Crippen molar-refractivity contribution in [1.82, 2.24) is 14.8 Å². The molecule has 2 aliphatic rings. The molecule has 146 valence electrons. The fraction of sp³-hybridized carbons (Fsp3) is 0.409. The van der Waals surface area contributed by atoms with Crippen LogP contribution in [0.15, 0.2) is 42.6 Å². The van der Waals surface area contributed by atoms with E-state index in [-0.39, 0.29) is 17.9 Å². The molecule has 6 heteroatoms. The van der Waals surface area contributed by atoms with Gasteiger partial charge < -0.3 is 10.2 Å². The van der Waals surface area contributed by atoms with Crippen LogP contribution < -0.4 is 5.32 Å². The first-order valence-electron chi connectivity index (χ1n) is 9.95. The number of nitrogens with one attached hydrogen (secondary N) is 1. The number of benzene rings is 1. The van der Waals surface area contributed by atoms with E-state index >= 15 is 0 Å². The van der Waals surface area contributed by atoms with Gasteiger partial charge in [-0.05, 0) is 68.2 Å². The number of aromatic nitrogens is 1. The molecule has 0 saturated carbocycles. The van der Waals surface area contributed by atoms with Crippen molar-refractivity contribution >= 4 is 17.5 Å². The van der Waals surface area contributed by atoms with E-state index in [1.807, 2.05) is 24.1 Å². The largest absolute Gasteiger partial charge is 0.337 e. The van der Waals surface area contributed by atoms with Gasteiger partial charge in [0.15, 0.2) is 0 Å². The van der Waals surface area contributed by atoms with Gasteiger partial charge in [0.1, 0.15) is 5.69 Å². The lowest BCUT2D eigenvalue weighted by Crippen LogP contribution is -2.50. The fourth-order valence-corrected chi connectivity index (χ4v) is 4.11. The molecule has 1 N–H and O–H groups in total. The van der Waals surface area contributed by atoms with Crippen LogP contribution in [0.5, 0.6) is 0 Å². The second-order valence-corrected chi connectivity index (χ2v) is 7.65. The number of carbonyl (C=O) groups excluding carboxylic acids is 2. The molecule has 4 rings (SSSR count). The van der Waals surface area contributed by atoms with E-state index in [1.165, 1.54) is 12.0 Å². The van der Waals surface area contributed by atoms with Gasteiger partial charge in [0.25, 0.3) is 5.91 Å². The number of rotatable bonds is 3. The van der Waals surface area contributed by atoms with Crippen molar-refractivity contribution in [3.63, 3.8) is 0 Å². The highest BCUT2D eigenvalue weighted by molar-refractivity contribution is 6.02. The number of pyridine rings is 1. The van der Waals surface area contributed by atoms with Crippen molar-refractivity contribution in [1.29, 1.82) is 0 Å². The van der Waals surface area contributed by atoms with Crippen LogP contribution in [-0.2, 0) is 17.8 Å². The summed E-state index contributed by atoms with van der Waals surface area (Å²) in [6.07, 6.45) is 5.69. The molecular weight excluding hydrogens is 352 g/mol. The Morgan fingerprint density at radius 3 is 2.79 bits per heavy atom. The Hall–Kier alpha value is -2.73. The van der Waals surface area contributed by atoms with E-state index in [1.54, 1.807) is 24.4 Å². The maximum Gasteiger partial charge on any atom is 0.274 e. The number of nitrogens with zero attached hydrogens (tertiary/aromatic N) is 3. The summed E-state index contributed by atoms with van der Waals surface area (Å²) in [5, 5.41) is 2.91. The van der Waals surface area contributed by atoms with E-state index in [0.717, 1.165) is 43.6 Å². The number of piperidine rings is 1. The minimum Gasteiger partial charge on any atom is -0.337 e. The maximum absolute atomic E-state index is 13.0. The lowest BCUT2D eigenvalue weighted by atomic mass is 9.96. The van der Waals surface area contributed by atoms with E-state index in [0.29, 0.717) is 12.2 Å². The van der Waals surface area contributed by atoms with E-state index in [9.17, 15) is 9.59 Å². The maximum atomic E-state index is 13.0. The lowest BCUT2D eigenvalue weighted by molar-refractivity contribution is -0.138. The highest BCUT2D eigenvalue weighted by Gasteiger charge is 2.31. The summed E-state index contributed by atoms with van der Waals surface area (Å²) >= 11 is 0. The summed E-state index contributed by atoms with van der Waals surface area (Å²) in [6, 6.07) is 11.2. The minimum atomic E-state index is -0.229. The van der Waals surface area contributed by atoms with Crippen molar-refractivity contribution < 1.29 is 9.59 Å². The fourth-order valence-electron chi connectivity index (χ4n) is 4.11. The highest BCUT2D eigenvalue weighted by atomic mass is 16.2. The molecule has 3 heterocycles. The topological polar surface area (TPSA) is 65.5 Å². The Kier molecular flexibility index (Phi) is 5.39. The number of carbonyl (C=O) groups is 2. The van der Waals surface area contributed by atoms with Crippen LogP contribution in [0.2, 0.25) is 0 Å². The van der Waals surface area contributed by atoms with E-state index in [4.69, 9.17) is 0 Å². The molecular formula is C22H26N4O2. The molecule has 1 unspecified atom stereocenters. The van der Waals surface area contributed by atoms with Gasteiger partial charge in [-0.3, -0.25) is 19.5 Å². The van der Waals surface area contributed by atoms with Crippen LogP contribution in [0.25, 0.3) is 0 Å². The van der Waals surface area contributed by atoms with E-state index < -0.39 is 0 Å². The number of anilines is 1. The average Bonchev–Trinajstić information content (AvgIpc) is 2.73. The molecule has 1 aromatic carbocycles. The molecule has 0 radical (unpaired) electrons. The third kappa shape index (κ3) is 3.92. The van der Waals surface area contributed by atoms with Gasteiger partial charge in [0.2, 0.25) is 5.91 Å². The Labute approximate surface area is 165 Å². The summed E-state index contributed by atoms with van der Waals surface area (Å²) in [5.41, 5.74) is 3.48. The van der Waals surface area contributed by atoms with Gasteiger partial charge >= 0.3 is 0 Å². The molecule has 2 aromatic rings. The molecule has 2 aliphatic heterocycles. The standard InChI is InChI=1S/C22H26N4O2/c1-25-12-5-3-7-20(25)22(28)26-13-10-16-8-9-18(14-17(16)15-26)24-21(27)19-6-2-4-11-23-19/h2,4,6,8-9,11,14,20H,3,5,7,10,12-13,15H2,1H3,(H,24,27). The molecule has 1 saturated heterocycles. The first-order chi connectivity index (χ1) is 13.6. The van der Waals surface area contributed by atoms with Crippen LogP contribution >= 0.6 is 0 Å². The summed E-state index contributed by atoms with van der Waals surface area (Å²) in [5.74, 6) is 0.00361. The van der Waals surface area contributed by atoms with Gasteiger partial charge in [-0.15, -0.1) is 0 Å². The predicted molar refractivity (Wildman–Crippen MR) is 108 cm³/mol. The van der Waals surface area contributed by atoms with Crippen LogP contribution in [-0.4, -0.2) is 52.8 Å². The van der Waals surface area contributed by atoms with Crippen molar-refractivity contribution in [3.8, 4) is 0 Å². The number of likely N-dealkylation sites (N-methyl/N-ethyl adjacent to an activating group) is 1. The molecule has 0 bridgehead atoms. The van der Waals surface area contributed by atoms with Gasteiger partial charge in [0, 0.05) is 25.0 Å². The smallest absolute Gasteiger partial charge is 0.274 e. The highest BCUT2D eigenvalue weighted by Crippen LogP contribution is 2.25. The van der Waals surface area contributed by atoms with Crippen LogP contribution in [0.1, 0.15) is 40.9 Å². The Bertz CT molecular complexity index is 868. The molecule has 2 amide bonds. The van der Waals surface area contributed by atoms with Gasteiger partial charge in [-0.25, -0.2) is 0 Å².